The number of carbonyl (C=O) groups excluding carboxylic acids is 1. The molecule has 1 aromatic rings. The van der Waals surface area contributed by atoms with Crippen LogP contribution in [-0.2, 0) is 11.2 Å². The number of benzene rings is 1. The Labute approximate surface area is 102 Å². The zero-order valence-corrected chi connectivity index (χ0v) is 10.3. The molecule has 1 atom stereocenters. The number of hydrogen-bond acceptors (Lipinski definition) is 3. The Balaban J connectivity index is 2.48. The van der Waals surface area contributed by atoms with Gasteiger partial charge in [0.15, 0.2) is 0 Å². The lowest BCUT2D eigenvalue weighted by atomic mass is 10.1. The van der Waals surface area contributed by atoms with E-state index in [4.69, 9.17) is 9.84 Å². The number of aliphatic hydroxyl groups is 1. The molecule has 94 valence electrons. The van der Waals surface area contributed by atoms with E-state index in [9.17, 15) is 4.79 Å². The largest absolute Gasteiger partial charge is 0.494 e. The Morgan fingerprint density at radius 1 is 1.41 bits per heavy atom. The van der Waals surface area contributed by atoms with Crippen molar-refractivity contribution in [1.29, 1.82) is 0 Å². The lowest BCUT2D eigenvalue weighted by molar-refractivity contribution is -0.121. The fourth-order valence-electron chi connectivity index (χ4n) is 1.43. The second kappa shape index (κ2) is 6.91. The van der Waals surface area contributed by atoms with Crippen LogP contribution in [0.3, 0.4) is 0 Å². The first kappa shape index (κ1) is 13.5. The molecular weight excluding hydrogens is 218 g/mol. The van der Waals surface area contributed by atoms with Crippen LogP contribution in [0.15, 0.2) is 24.3 Å². The van der Waals surface area contributed by atoms with Crippen molar-refractivity contribution in [2.24, 2.45) is 0 Å². The Morgan fingerprint density at radius 2 is 2.06 bits per heavy atom. The second-order valence-electron chi connectivity index (χ2n) is 3.90. The third-order valence-corrected chi connectivity index (χ3v) is 2.28. The molecule has 0 aliphatic carbocycles. The number of aliphatic hydroxyl groups excluding tert-OH is 1. The lowest BCUT2D eigenvalue weighted by Crippen LogP contribution is -2.35. The Bertz CT molecular complexity index is 348. The highest BCUT2D eigenvalue weighted by atomic mass is 16.5. The molecular formula is C13H19NO3. The maximum Gasteiger partial charge on any atom is 0.224 e. The highest BCUT2D eigenvalue weighted by molar-refractivity contribution is 5.78. The van der Waals surface area contributed by atoms with E-state index in [0.717, 1.165) is 11.3 Å². The average molecular weight is 237 g/mol. The van der Waals surface area contributed by atoms with Crippen LogP contribution >= 0.6 is 0 Å². The summed E-state index contributed by atoms with van der Waals surface area (Å²) >= 11 is 0. The molecule has 0 aromatic heterocycles. The molecule has 0 aliphatic heterocycles. The predicted molar refractivity (Wildman–Crippen MR) is 66.0 cm³/mol. The van der Waals surface area contributed by atoms with Crippen molar-refractivity contribution in [3.05, 3.63) is 29.8 Å². The molecule has 0 spiro atoms. The molecule has 1 aromatic carbocycles. The SMILES string of the molecule is CCOc1ccc(CC(=O)N[C@@H](C)CO)cc1. The van der Waals surface area contributed by atoms with Crippen molar-refractivity contribution in [3.8, 4) is 5.75 Å². The smallest absolute Gasteiger partial charge is 0.224 e. The van der Waals surface area contributed by atoms with Gasteiger partial charge in [0.1, 0.15) is 5.75 Å². The minimum absolute atomic E-state index is 0.0466. The number of ether oxygens (including phenoxy) is 1. The van der Waals surface area contributed by atoms with E-state index in [1.807, 2.05) is 31.2 Å². The van der Waals surface area contributed by atoms with Gasteiger partial charge in [-0.25, -0.2) is 0 Å². The Morgan fingerprint density at radius 3 is 2.59 bits per heavy atom. The minimum atomic E-state index is -0.204. The third kappa shape index (κ3) is 4.87. The van der Waals surface area contributed by atoms with Crippen molar-refractivity contribution in [3.63, 3.8) is 0 Å². The van der Waals surface area contributed by atoms with Crippen molar-refractivity contribution in [2.45, 2.75) is 26.3 Å². The molecule has 0 heterocycles. The summed E-state index contributed by atoms with van der Waals surface area (Å²) in [4.78, 5) is 11.5. The number of nitrogens with one attached hydrogen (secondary N) is 1. The molecule has 0 radical (unpaired) electrons. The average Bonchev–Trinajstić information content (AvgIpc) is 2.31. The molecule has 0 saturated heterocycles. The molecule has 1 amide bonds. The van der Waals surface area contributed by atoms with Gasteiger partial charge in [0.25, 0.3) is 0 Å². The molecule has 0 aliphatic rings. The van der Waals surface area contributed by atoms with E-state index >= 15 is 0 Å². The summed E-state index contributed by atoms with van der Waals surface area (Å²) in [6.07, 6.45) is 0.316. The van der Waals surface area contributed by atoms with Gasteiger partial charge in [-0.1, -0.05) is 12.1 Å². The summed E-state index contributed by atoms with van der Waals surface area (Å²) in [5.74, 6) is 0.719. The van der Waals surface area contributed by atoms with Crippen LogP contribution in [0.5, 0.6) is 5.75 Å². The van der Waals surface area contributed by atoms with Crippen molar-refractivity contribution in [1.82, 2.24) is 5.32 Å². The predicted octanol–water partition coefficient (Wildman–Crippen LogP) is 1.12. The maximum atomic E-state index is 11.5. The highest BCUT2D eigenvalue weighted by Crippen LogP contribution is 2.12. The van der Waals surface area contributed by atoms with E-state index in [1.165, 1.54) is 0 Å². The van der Waals surface area contributed by atoms with Gasteiger partial charge in [0, 0.05) is 6.04 Å². The van der Waals surface area contributed by atoms with Gasteiger partial charge >= 0.3 is 0 Å². The zero-order chi connectivity index (χ0) is 12.7. The zero-order valence-electron chi connectivity index (χ0n) is 10.3. The molecule has 2 N–H and O–H groups in total. The number of hydrogen-bond donors (Lipinski definition) is 2. The molecule has 1 rings (SSSR count). The van der Waals surface area contributed by atoms with Gasteiger partial charge in [-0.3, -0.25) is 4.79 Å². The molecule has 4 heteroatoms. The summed E-state index contributed by atoms with van der Waals surface area (Å²) in [5.41, 5.74) is 0.927. The van der Waals surface area contributed by atoms with Crippen LogP contribution in [-0.4, -0.2) is 30.3 Å². The summed E-state index contributed by atoms with van der Waals surface area (Å²) in [6.45, 7) is 4.27. The summed E-state index contributed by atoms with van der Waals surface area (Å²) in [6, 6.07) is 7.23. The quantitative estimate of drug-likeness (QED) is 0.779. The first-order valence-electron chi connectivity index (χ1n) is 5.77. The first-order valence-corrected chi connectivity index (χ1v) is 5.77. The second-order valence-corrected chi connectivity index (χ2v) is 3.90. The number of rotatable bonds is 6. The standard InChI is InChI=1S/C13H19NO3/c1-3-17-12-6-4-11(5-7-12)8-13(16)14-10(2)9-15/h4-7,10,15H,3,8-9H2,1-2H3,(H,14,16)/t10-/m0/s1. The minimum Gasteiger partial charge on any atom is -0.494 e. The van der Waals surface area contributed by atoms with E-state index in [0.29, 0.717) is 13.0 Å². The molecule has 17 heavy (non-hydrogen) atoms. The molecule has 4 nitrogen and oxygen atoms in total. The molecule has 0 fully saturated rings. The summed E-state index contributed by atoms with van der Waals surface area (Å²) in [5, 5.41) is 11.5. The van der Waals surface area contributed by atoms with Crippen molar-refractivity contribution < 1.29 is 14.6 Å². The van der Waals surface area contributed by atoms with Gasteiger partial charge in [-0.2, -0.15) is 0 Å². The summed E-state index contributed by atoms with van der Waals surface area (Å²) in [7, 11) is 0. The van der Waals surface area contributed by atoms with Gasteiger partial charge < -0.3 is 15.2 Å². The van der Waals surface area contributed by atoms with E-state index in [-0.39, 0.29) is 18.6 Å². The Hall–Kier alpha value is -1.55. The van der Waals surface area contributed by atoms with Crippen LogP contribution in [0.2, 0.25) is 0 Å². The number of amides is 1. The first-order chi connectivity index (χ1) is 8.15. The van der Waals surface area contributed by atoms with Gasteiger partial charge in [0.05, 0.1) is 19.6 Å². The van der Waals surface area contributed by atoms with Crippen LogP contribution in [0.4, 0.5) is 0 Å². The monoisotopic (exact) mass is 237 g/mol. The van der Waals surface area contributed by atoms with Gasteiger partial charge in [-0.15, -0.1) is 0 Å². The van der Waals surface area contributed by atoms with Crippen LogP contribution < -0.4 is 10.1 Å². The van der Waals surface area contributed by atoms with E-state index < -0.39 is 0 Å². The summed E-state index contributed by atoms with van der Waals surface area (Å²) < 4.78 is 5.31. The van der Waals surface area contributed by atoms with Crippen molar-refractivity contribution >= 4 is 5.91 Å². The van der Waals surface area contributed by atoms with Gasteiger partial charge in [0.2, 0.25) is 5.91 Å². The van der Waals surface area contributed by atoms with Crippen LogP contribution in [0, 0.1) is 0 Å². The number of carbonyl (C=O) groups is 1. The topological polar surface area (TPSA) is 58.6 Å². The fraction of sp³-hybridized carbons (Fsp3) is 0.462. The van der Waals surface area contributed by atoms with E-state index in [2.05, 4.69) is 5.32 Å². The molecule has 0 saturated carbocycles. The molecule has 0 unspecified atom stereocenters. The third-order valence-electron chi connectivity index (χ3n) is 2.28. The Kier molecular flexibility index (Phi) is 5.49. The fourth-order valence-corrected chi connectivity index (χ4v) is 1.43. The van der Waals surface area contributed by atoms with Crippen molar-refractivity contribution in [2.75, 3.05) is 13.2 Å². The maximum absolute atomic E-state index is 11.5. The highest BCUT2D eigenvalue weighted by Gasteiger charge is 2.07. The molecule has 0 bridgehead atoms. The van der Waals surface area contributed by atoms with Crippen LogP contribution in [0.25, 0.3) is 0 Å². The van der Waals surface area contributed by atoms with Gasteiger partial charge in [-0.05, 0) is 31.5 Å². The lowest BCUT2D eigenvalue weighted by Gasteiger charge is -2.10. The van der Waals surface area contributed by atoms with E-state index in [1.54, 1.807) is 6.92 Å². The van der Waals surface area contributed by atoms with Crippen LogP contribution in [0.1, 0.15) is 19.4 Å². The normalized spacial score (nSPS) is 11.9.